The van der Waals surface area contributed by atoms with Crippen LogP contribution in [0, 0.1) is 0 Å². The van der Waals surface area contributed by atoms with Gasteiger partial charge in [0.15, 0.2) is 5.13 Å². The molecule has 3 rings (SSSR count). The predicted molar refractivity (Wildman–Crippen MR) is 79.0 cm³/mol. The molecule has 0 aliphatic carbocycles. The van der Waals surface area contributed by atoms with Crippen molar-refractivity contribution < 1.29 is 0 Å². The van der Waals surface area contributed by atoms with Crippen LogP contribution in [0.25, 0.3) is 17.8 Å². The maximum absolute atomic E-state index is 5.58. The van der Waals surface area contributed by atoms with E-state index in [9.17, 15) is 0 Å². The van der Waals surface area contributed by atoms with Gasteiger partial charge in [0.05, 0.1) is 17.7 Å². The second-order valence-corrected chi connectivity index (χ2v) is 4.87. The molecule has 0 aliphatic heterocycles. The highest BCUT2D eigenvalue weighted by Gasteiger charge is 1.98. The average Bonchev–Trinajstić information content (AvgIpc) is 3.06. The number of anilines is 1. The molecule has 2 aromatic heterocycles. The molecular formula is C14H12N4S. The molecule has 19 heavy (non-hydrogen) atoms. The Morgan fingerprint density at radius 3 is 2.63 bits per heavy atom. The Balaban J connectivity index is 1.80. The zero-order chi connectivity index (χ0) is 13.1. The van der Waals surface area contributed by atoms with Gasteiger partial charge in [-0.25, -0.2) is 9.97 Å². The van der Waals surface area contributed by atoms with E-state index >= 15 is 0 Å². The van der Waals surface area contributed by atoms with Crippen LogP contribution in [0.2, 0.25) is 0 Å². The topological polar surface area (TPSA) is 56.7 Å². The van der Waals surface area contributed by atoms with Gasteiger partial charge in [0.2, 0.25) is 0 Å². The van der Waals surface area contributed by atoms with Crippen LogP contribution in [-0.4, -0.2) is 14.5 Å². The van der Waals surface area contributed by atoms with Gasteiger partial charge in [-0.2, -0.15) is 0 Å². The first-order valence-electron chi connectivity index (χ1n) is 5.80. The second kappa shape index (κ2) is 5.07. The van der Waals surface area contributed by atoms with Crippen molar-refractivity contribution in [3.05, 3.63) is 59.6 Å². The number of nitrogens with zero attached hydrogens (tertiary/aromatic N) is 3. The van der Waals surface area contributed by atoms with Crippen LogP contribution in [0.15, 0.2) is 48.2 Å². The van der Waals surface area contributed by atoms with Gasteiger partial charge >= 0.3 is 0 Å². The van der Waals surface area contributed by atoms with E-state index in [-0.39, 0.29) is 0 Å². The van der Waals surface area contributed by atoms with E-state index in [1.807, 2.05) is 58.6 Å². The number of imidazole rings is 1. The van der Waals surface area contributed by atoms with Crippen LogP contribution in [0.5, 0.6) is 0 Å². The van der Waals surface area contributed by atoms with E-state index in [1.165, 1.54) is 11.3 Å². The summed E-state index contributed by atoms with van der Waals surface area (Å²) in [7, 11) is 0. The minimum Gasteiger partial charge on any atom is -0.375 e. The fourth-order valence-electron chi connectivity index (χ4n) is 1.71. The van der Waals surface area contributed by atoms with Crippen LogP contribution >= 0.6 is 11.3 Å². The Morgan fingerprint density at radius 1 is 1.11 bits per heavy atom. The minimum absolute atomic E-state index is 0.578. The first-order chi connectivity index (χ1) is 9.31. The molecule has 0 amide bonds. The van der Waals surface area contributed by atoms with Crippen molar-refractivity contribution in [3.8, 4) is 5.69 Å². The Bertz CT molecular complexity index is 697. The third-order valence-corrected chi connectivity index (χ3v) is 3.31. The smallest absolute Gasteiger partial charge is 0.180 e. The monoisotopic (exact) mass is 268 g/mol. The van der Waals surface area contributed by atoms with E-state index < -0.39 is 0 Å². The molecule has 2 heterocycles. The Labute approximate surface area is 114 Å². The highest BCUT2D eigenvalue weighted by atomic mass is 32.1. The molecule has 3 aromatic rings. The highest BCUT2D eigenvalue weighted by molar-refractivity contribution is 7.13. The molecular weight excluding hydrogens is 256 g/mol. The second-order valence-electron chi connectivity index (χ2n) is 3.99. The standard InChI is InChI=1S/C14H12N4S/c15-14-17-12(9-19-14)7-6-11-8-18(10-16-11)13-4-2-1-3-5-13/h1-10H,(H2,15,17). The number of nitrogens with two attached hydrogens (primary N) is 1. The quantitative estimate of drug-likeness (QED) is 0.794. The summed E-state index contributed by atoms with van der Waals surface area (Å²) in [6, 6.07) is 10.1. The van der Waals surface area contributed by atoms with Crippen LogP contribution in [-0.2, 0) is 0 Å². The Hall–Kier alpha value is -2.40. The highest BCUT2D eigenvalue weighted by Crippen LogP contribution is 2.14. The number of thiazole rings is 1. The van der Waals surface area contributed by atoms with E-state index in [0.717, 1.165) is 17.1 Å². The largest absolute Gasteiger partial charge is 0.375 e. The number of rotatable bonds is 3. The molecule has 0 saturated heterocycles. The van der Waals surface area contributed by atoms with Crippen molar-refractivity contribution in [2.75, 3.05) is 5.73 Å². The van der Waals surface area contributed by atoms with Crippen molar-refractivity contribution in [2.45, 2.75) is 0 Å². The van der Waals surface area contributed by atoms with Gasteiger partial charge in [-0.15, -0.1) is 11.3 Å². The lowest BCUT2D eigenvalue weighted by Gasteiger charge is -1.98. The number of hydrogen-bond acceptors (Lipinski definition) is 4. The van der Waals surface area contributed by atoms with Gasteiger partial charge < -0.3 is 10.3 Å². The summed E-state index contributed by atoms with van der Waals surface area (Å²) < 4.78 is 1.98. The molecule has 5 heteroatoms. The summed E-state index contributed by atoms with van der Waals surface area (Å²) in [5.74, 6) is 0. The maximum Gasteiger partial charge on any atom is 0.180 e. The molecule has 0 bridgehead atoms. The molecule has 0 spiro atoms. The van der Waals surface area contributed by atoms with Gasteiger partial charge in [-0.1, -0.05) is 18.2 Å². The van der Waals surface area contributed by atoms with E-state index in [0.29, 0.717) is 5.13 Å². The fraction of sp³-hybridized carbons (Fsp3) is 0. The molecule has 2 N–H and O–H groups in total. The van der Waals surface area contributed by atoms with E-state index in [4.69, 9.17) is 5.73 Å². The fourth-order valence-corrected chi connectivity index (χ4v) is 2.24. The van der Waals surface area contributed by atoms with Crippen LogP contribution in [0.4, 0.5) is 5.13 Å². The van der Waals surface area contributed by atoms with Crippen molar-refractivity contribution >= 4 is 28.6 Å². The van der Waals surface area contributed by atoms with E-state index in [2.05, 4.69) is 9.97 Å². The van der Waals surface area contributed by atoms with Crippen molar-refractivity contribution in [1.82, 2.24) is 14.5 Å². The van der Waals surface area contributed by atoms with E-state index in [1.54, 1.807) is 6.33 Å². The summed E-state index contributed by atoms with van der Waals surface area (Å²) in [5.41, 5.74) is 8.41. The SMILES string of the molecule is Nc1nc(C=Cc2cn(-c3ccccc3)cn2)cs1. The third-order valence-electron chi connectivity index (χ3n) is 2.62. The maximum atomic E-state index is 5.58. The zero-order valence-corrected chi connectivity index (χ0v) is 10.9. The average molecular weight is 268 g/mol. The zero-order valence-electron chi connectivity index (χ0n) is 10.1. The van der Waals surface area contributed by atoms with Crippen molar-refractivity contribution in [1.29, 1.82) is 0 Å². The van der Waals surface area contributed by atoms with Gasteiger partial charge in [-0.3, -0.25) is 0 Å². The van der Waals surface area contributed by atoms with Crippen molar-refractivity contribution in [3.63, 3.8) is 0 Å². The Kier molecular flexibility index (Phi) is 3.12. The van der Waals surface area contributed by atoms with Gasteiger partial charge in [0, 0.05) is 17.3 Å². The molecule has 0 aliphatic rings. The number of para-hydroxylation sites is 1. The third kappa shape index (κ3) is 2.71. The summed E-state index contributed by atoms with van der Waals surface area (Å²) in [6.45, 7) is 0. The van der Waals surface area contributed by atoms with Crippen LogP contribution in [0.3, 0.4) is 0 Å². The molecule has 0 atom stereocenters. The lowest BCUT2D eigenvalue weighted by Crippen LogP contribution is -1.87. The molecule has 0 radical (unpaired) electrons. The number of nitrogen functional groups attached to an aromatic ring is 1. The summed E-state index contributed by atoms with van der Waals surface area (Å²) in [4.78, 5) is 8.50. The summed E-state index contributed by atoms with van der Waals surface area (Å²) >= 11 is 1.43. The normalized spacial score (nSPS) is 11.2. The molecule has 1 aromatic carbocycles. The molecule has 4 nitrogen and oxygen atoms in total. The first kappa shape index (κ1) is 11.7. The molecule has 94 valence electrons. The van der Waals surface area contributed by atoms with Gasteiger partial charge in [0.25, 0.3) is 0 Å². The molecule has 0 saturated carbocycles. The number of benzene rings is 1. The van der Waals surface area contributed by atoms with Gasteiger partial charge in [0.1, 0.15) is 0 Å². The van der Waals surface area contributed by atoms with Crippen LogP contribution < -0.4 is 5.73 Å². The predicted octanol–water partition coefficient (Wildman–Crippen LogP) is 3.08. The number of hydrogen-bond donors (Lipinski definition) is 1. The Morgan fingerprint density at radius 2 is 1.89 bits per heavy atom. The van der Waals surface area contributed by atoms with Gasteiger partial charge in [-0.05, 0) is 24.3 Å². The molecule has 0 unspecified atom stereocenters. The lowest BCUT2D eigenvalue weighted by molar-refractivity contribution is 1.06. The van der Waals surface area contributed by atoms with Crippen LogP contribution in [0.1, 0.15) is 11.4 Å². The lowest BCUT2D eigenvalue weighted by atomic mass is 10.3. The summed E-state index contributed by atoms with van der Waals surface area (Å²) in [6.07, 6.45) is 7.60. The first-order valence-corrected chi connectivity index (χ1v) is 6.68. The number of aromatic nitrogens is 3. The minimum atomic E-state index is 0.578. The summed E-state index contributed by atoms with van der Waals surface area (Å²) in [5, 5.41) is 2.49. The van der Waals surface area contributed by atoms with Crippen molar-refractivity contribution in [2.24, 2.45) is 0 Å². The molecule has 0 fully saturated rings.